The summed E-state index contributed by atoms with van der Waals surface area (Å²) in [4.78, 5) is 83.2. The Morgan fingerprint density at radius 3 is 1.22 bits per heavy atom. The summed E-state index contributed by atoms with van der Waals surface area (Å²) in [6.07, 6.45) is 0. The largest absolute Gasteiger partial charge is 0.478 e. The topological polar surface area (TPSA) is 173 Å². The van der Waals surface area contributed by atoms with Crippen molar-refractivity contribution in [3.8, 4) is 0 Å². The Kier molecular flexibility index (Phi) is 10.3. The van der Waals surface area contributed by atoms with Gasteiger partial charge in [-0.2, -0.15) is 0 Å². The highest BCUT2D eigenvalue weighted by Crippen LogP contribution is 2.28. The molecule has 0 atom stereocenters. The number of aromatic nitrogens is 4. The number of methoxy groups -OCH3 is 1. The van der Waals surface area contributed by atoms with E-state index in [0.29, 0.717) is 83.8 Å². The van der Waals surface area contributed by atoms with Crippen LogP contribution in [-0.4, -0.2) is 43.3 Å². The first-order valence-electron chi connectivity index (χ1n) is 22.1. The van der Waals surface area contributed by atoms with Gasteiger partial charge >= 0.3 is 11.9 Å². The van der Waals surface area contributed by atoms with E-state index in [4.69, 9.17) is 4.74 Å². The SMILES string of the molecule is COC(=O)c1ccc(Cn2c3ccccc3c(=O)c3cc4[nH]c5ccccc5c(=O)c4cc32)cc1.O=C(O)c1ccc(Cn2c3ccccc3c(=O)c3cc4[nH]c5ccccc5c(=O)c4cc32)cc1. The molecule has 0 fully saturated rings. The van der Waals surface area contributed by atoms with Crippen LogP contribution in [0.2, 0.25) is 0 Å². The van der Waals surface area contributed by atoms with Gasteiger partial charge in [0, 0.05) is 67.2 Å². The van der Waals surface area contributed by atoms with Crippen molar-refractivity contribution in [2.24, 2.45) is 0 Å². The number of esters is 1. The molecular weight excluding hydrogens is 869 g/mol. The molecule has 0 bridgehead atoms. The number of carboxylic acids is 1. The van der Waals surface area contributed by atoms with Crippen LogP contribution in [0.25, 0.3) is 87.2 Å². The molecule has 0 spiro atoms. The van der Waals surface area contributed by atoms with Crippen LogP contribution in [0.5, 0.6) is 0 Å². The number of carboxylic acid groups (broad SMARTS) is 1. The number of aromatic carboxylic acids is 1. The zero-order chi connectivity index (χ0) is 47.5. The third-order valence-electron chi connectivity index (χ3n) is 12.9. The highest BCUT2D eigenvalue weighted by molar-refractivity contribution is 6.05. The van der Waals surface area contributed by atoms with Gasteiger partial charge in [-0.1, -0.05) is 72.8 Å². The molecule has 3 N–H and O–H groups in total. The Morgan fingerprint density at radius 1 is 0.420 bits per heavy atom. The second-order valence-electron chi connectivity index (χ2n) is 16.9. The molecule has 12 heteroatoms. The second-order valence-corrected chi connectivity index (χ2v) is 16.9. The predicted molar refractivity (Wildman–Crippen MR) is 272 cm³/mol. The fourth-order valence-corrected chi connectivity index (χ4v) is 9.40. The maximum atomic E-state index is 13.5. The van der Waals surface area contributed by atoms with Gasteiger partial charge in [0.25, 0.3) is 0 Å². The van der Waals surface area contributed by atoms with E-state index in [9.17, 15) is 33.9 Å². The van der Waals surface area contributed by atoms with Gasteiger partial charge in [-0.25, -0.2) is 9.59 Å². The third-order valence-corrected chi connectivity index (χ3v) is 12.9. The molecule has 4 aromatic heterocycles. The molecule has 0 aliphatic rings. The zero-order valence-electron chi connectivity index (χ0n) is 36.8. The minimum Gasteiger partial charge on any atom is -0.478 e. The van der Waals surface area contributed by atoms with E-state index >= 15 is 0 Å². The molecule has 334 valence electrons. The van der Waals surface area contributed by atoms with E-state index in [1.165, 1.54) is 7.11 Å². The van der Waals surface area contributed by atoms with Crippen molar-refractivity contribution in [2.45, 2.75) is 13.1 Å². The molecule has 0 unspecified atom stereocenters. The molecule has 12 aromatic rings. The minimum absolute atomic E-state index is 0.0779. The molecule has 0 saturated heterocycles. The van der Waals surface area contributed by atoms with Gasteiger partial charge in [0.1, 0.15) is 0 Å². The highest BCUT2D eigenvalue weighted by atomic mass is 16.5. The Hall–Kier alpha value is -9.42. The number of nitrogens with zero attached hydrogens (tertiary/aromatic N) is 2. The summed E-state index contributed by atoms with van der Waals surface area (Å²) in [5.41, 5.74) is 7.71. The second kappa shape index (κ2) is 16.8. The molecule has 0 aliphatic heterocycles. The van der Waals surface area contributed by atoms with Gasteiger partial charge in [0.15, 0.2) is 21.7 Å². The average Bonchev–Trinajstić information content (AvgIpc) is 3.38. The lowest BCUT2D eigenvalue weighted by Crippen LogP contribution is -2.14. The van der Waals surface area contributed by atoms with Crippen LogP contribution in [0.15, 0.2) is 189 Å². The standard InChI is InChI=1S/C29H20N2O4.C28H18N2O4/c1-35-29(34)18-12-10-17(11-13-18)16-31-25-9-5-3-7-20(25)28(33)22-14-24-21(15-26(22)31)27(32)19-6-2-4-8-23(19)30-24;31-26-18-5-1-3-7-22(18)29-23-13-21-25(14-20(23)26)30(24-8-4-2-6-19(24)27(21)32)15-16-9-11-17(12-10-16)28(33)34/h2-15H,16H2,1H3,(H,30,32);1-14H,15H2,(H,29,31)(H,33,34). The summed E-state index contributed by atoms with van der Waals surface area (Å²) in [6.45, 7) is 0.865. The molecule has 0 radical (unpaired) electrons. The van der Waals surface area contributed by atoms with Crippen LogP contribution < -0.4 is 21.7 Å². The molecule has 0 aliphatic carbocycles. The smallest absolute Gasteiger partial charge is 0.337 e. The van der Waals surface area contributed by atoms with Crippen molar-refractivity contribution in [1.82, 2.24) is 19.1 Å². The van der Waals surface area contributed by atoms with Gasteiger partial charge in [-0.3, -0.25) is 19.2 Å². The van der Waals surface area contributed by atoms with E-state index in [0.717, 1.165) is 33.2 Å². The first-order valence-corrected chi connectivity index (χ1v) is 22.1. The number of fused-ring (bicyclic) bond motifs is 8. The van der Waals surface area contributed by atoms with Crippen molar-refractivity contribution in [2.75, 3.05) is 7.11 Å². The number of para-hydroxylation sites is 4. The molecule has 4 heterocycles. The molecule has 0 saturated carbocycles. The predicted octanol–water partition coefficient (Wildman–Crippen LogP) is 9.88. The van der Waals surface area contributed by atoms with Crippen LogP contribution in [0.4, 0.5) is 0 Å². The van der Waals surface area contributed by atoms with Gasteiger partial charge in [0.05, 0.1) is 51.3 Å². The number of hydrogen-bond donors (Lipinski definition) is 3. The lowest BCUT2D eigenvalue weighted by atomic mass is 10.0. The van der Waals surface area contributed by atoms with Crippen molar-refractivity contribution < 1.29 is 19.4 Å². The van der Waals surface area contributed by atoms with Crippen molar-refractivity contribution in [1.29, 1.82) is 0 Å². The number of carbonyl (C=O) groups excluding carboxylic acids is 1. The van der Waals surface area contributed by atoms with Crippen LogP contribution in [0, 0.1) is 0 Å². The van der Waals surface area contributed by atoms with Crippen LogP contribution >= 0.6 is 0 Å². The fourth-order valence-electron chi connectivity index (χ4n) is 9.40. The van der Waals surface area contributed by atoms with E-state index < -0.39 is 11.9 Å². The molecule has 12 nitrogen and oxygen atoms in total. The summed E-state index contributed by atoms with van der Waals surface area (Å²) in [5, 5.41) is 13.7. The molecule has 12 rings (SSSR count). The Bertz CT molecular complexity index is 4380. The number of carbonyl (C=O) groups is 2. The molecule has 0 amide bonds. The summed E-state index contributed by atoms with van der Waals surface area (Å²) < 4.78 is 8.85. The van der Waals surface area contributed by atoms with Crippen LogP contribution in [-0.2, 0) is 17.8 Å². The Balaban J connectivity index is 0.000000151. The lowest BCUT2D eigenvalue weighted by Gasteiger charge is -2.16. The summed E-state index contributed by atoms with van der Waals surface area (Å²) in [5.74, 6) is -1.38. The van der Waals surface area contributed by atoms with E-state index in [1.807, 2.05) is 106 Å². The zero-order valence-corrected chi connectivity index (χ0v) is 36.8. The first kappa shape index (κ1) is 42.2. The molecule has 69 heavy (non-hydrogen) atoms. The van der Waals surface area contributed by atoms with Gasteiger partial charge < -0.3 is 28.9 Å². The highest BCUT2D eigenvalue weighted by Gasteiger charge is 2.17. The number of H-pyrrole nitrogens is 2. The normalized spacial score (nSPS) is 11.5. The average molecular weight is 907 g/mol. The Morgan fingerprint density at radius 2 is 0.797 bits per heavy atom. The summed E-state index contributed by atoms with van der Waals surface area (Å²) in [6, 6.07) is 50.5. The van der Waals surface area contributed by atoms with E-state index in [-0.39, 0.29) is 27.3 Å². The fraction of sp³-hybridized carbons (Fsp3) is 0.0526. The minimum atomic E-state index is -0.983. The number of nitrogens with one attached hydrogen (secondary N) is 2. The number of aromatic amines is 2. The van der Waals surface area contributed by atoms with Gasteiger partial charge in [-0.15, -0.1) is 0 Å². The van der Waals surface area contributed by atoms with Crippen LogP contribution in [0.3, 0.4) is 0 Å². The molecular formula is C57H38N4O8. The monoisotopic (exact) mass is 906 g/mol. The summed E-state index contributed by atoms with van der Waals surface area (Å²) >= 11 is 0. The van der Waals surface area contributed by atoms with Crippen molar-refractivity contribution in [3.63, 3.8) is 0 Å². The number of ether oxygens (including phenoxy) is 1. The number of hydrogen-bond acceptors (Lipinski definition) is 7. The maximum Gasteiger partial charge on any atom is 0.337 e. The van der Waals surface area contributed by atoms with Gasteiger partial charge in [-0.05, 0) is 108 Å². The summed E-state index contributed by atoms with van der Waals surface area (Å²) in [7, 11) is 1.35. The molecule has 8 aromatic carbocycles. The first-order chi connectivity index (χ1) is 33.6. The number of pyridine rings is 4. The lowest BCUT2D eigenvalue weighted by molar-refractivity contribution is 0.0599. The third kappa shape index (κ3) is 7.27. The Labute approximate surface area is 389 Å². The number of benzene rings is 8. The quantitative estimate of drug-likeness (QED) is 0.109. The van der Waals surface area contributed by atoms with E-state index in [2.05, 4.69) is 9.97 Å². The van der Waals surface area contributed by atoms with Crippen LogP contribution in [0.1, 0.15) is 31.8 Å². The van der Waals surface area contributed by atoms with Crippen molar-refractivity contribution >= 4 is 99.2 Å². The maximum absolute atomic E-state index is 13.5. The number of rotatable bonds is 6. The van der Waals surface area contributed by atoms with Gasteiger partial charge in [0.2, 0.25) is 0 Å². The van der Waals surface area contributed by atoms with Crippen molar-refractivity contribution in [3.05, 3.63) is 233 Å². The van der Waals surface area contributed by atoms with E-state index in [1.54, 1.807) is 72.8 Å².